The van der Waals surface area contributed by atoms with Crippen LogP contribution in [0, 0.1) is 5.92 Å². The van der Waals surface area contributed by atoms with Crippen molar-refractivity contribution in [1.29, 1.82) is 0 Å². The Balaban J connectivity index is 0.00000121. The molecule has 1 heterocycles. The van der Waals surface area contributed by atoms with Gasteiger partial charge in [0.05, 0.1) is 13.0 Å². The number of halogens is 1. The van der Waals surface area contributed by atoms with Crippen LogP contribution in [0.1, 0.15) is 20.3 Å². The van der Waals surface area contributed by atoms with Gasteiger partial charge in [-0.15, -0.1) is 12.4 Å². The first-order valence-corrected chi connectivity index (χ1v) is 3.88. The van der Waals surface area contributed by atoms with Crippen molar-refractivity contribution < 1.29 is 9.53 Å². The van der Waals surface area contributed by atoms with Crippen LogP contribution in [-0.2, 0) is 9.53 Å². The Kier molecular flexibility index (Phi) is 4.00. The second-order valence-corrected chi connectivity index (χ2v) is 3.69. The molecule has 1 fully saturated rings. The summed E-state index contributed by atoms with van der Waals surface area (Å²) in [5, 5.41) is 3.26. The molecule has 1 rings (SSSR count). The molecule has 0 spiro atoms. The first-order chi connectivity index (χ1) is 5.05. The van der Waals surface area contributed by atoms with E-state index in [0.717, 1.165) is 13.0 Å². The van der Waals surface area contributed by atoms with Gasteiger partial charge in [0.25, 0.3) is 0 Å². The molecular formula is C8H16ClNO2. The summed E-state index contributed by atoms with van der Waals surface area (Å²) >= 11 is 0. The molecule has 1 atom stereocenters. The minimum atomic E-state index is -0.0944. The lowest BCUT2D eigenvalue weighted by Gasteiger charge is -2.16. The molecule has 1 N–H and O–H groups in total. The summed E-state index contributed by atoms with van der Waals surface area (Å²) in [4.78, 5) is 11.0. The smallest absolute Gasteiger partial charge is 0.310 e. The Morgan fingerprint density at radius 1 is 1.58 bits per heavy atom. The zero-order valence-electron chi connectivity index (χ0n) is 7.72. The monoisotopic (exact) mass is 193 g/mol. The van der Waals surface area contributed by atoms with Crippen molar-refractivity contribution in [3.05, 3.63) is 0 Å². The van der Waals surface area contributed by atoms with Gasteiger partial charge in [0.2, 0.25) is 0 Å². The lowest BCUT2D eigenvalue weighted by Crippen LogP contribution is -2.31. The molecule has 4 heteroatoms. The van der Waals surface area contributed by atoms with Crippen molar-refractivity contribution in [2.75, 3.05) is 13.7 Å². The average Bonchev–Trinajstić information content (AvgIpc) is 2.29. The molecule has 1 unspecified atom stereocenters. The van der Waals surface area contributed by atoms with Crippen molar-refractivity contribution in [2.24, 2.45) is 5.92 Å². The van der Waals surface area contributed by atoms with E-state index in [9.17, 15) is 4.79 Å². The van der Waals surface area contributed by atoms with E-state index in [4.69, 9.17) is 0 Å². The first kappa shape index (κ1) is 11.7. The summed E-state index contributed by atoms with van der Waals surface area (Å²) in [5.41, 5.74) is 0.0961. The molecule has 0 aliphatic carbocycles. The lowest BCUT2D eigenvalue weighted by molar-refractivity contribution is -0.144. The van der Waals surface area contributed by atoms with Crippen LogP contribution in [0.15, 0.2) is 0 Å². The van der Waals surface area contributed by atoms with Crippen molar-refractivity contribution in [2.45, 2.75) is 25.8 Å². The molecule has 1 saturated heterocycles. The number of esters is 1. The molecule has 0 aromatic carbocycles. The van der Waals surface area contributed by atoms with Crippen molar-refractivity contribution in [1.82, 2.24) is 5.32 Å². The van der Waals surface area contributed by atoms with E-state index in [1.807, 2.05) is 0 Å². The molecule has 0 aromatic heterocycles. The Hall–Kier alpha value is -0.280. The summed E-state index contributed by atoms with van der Waals surface area (Å²) in [6.07, 6.45) is 0.875. The number of rotatable bonds is 1. The maximum absolute atomic E-state index is 11.0. The lowest BCUT2D eigenvalue weighted by atomic mass is 9.97. The molecule has 0 bridgehead atoms. The third-order valence-electron chi connectivity index (χ3n) is 2.12. The molecule has 1 aliphatic heterocycles. The van der Waals surface area contributed by atoms with Crippen LogP contribution in [0.2, 0.25) is 0 Å². The first-order valence-electron chi connectivity index (χ1n) is 3.88. The minimum Gasteiger partial charge on any atom is -0.469 e. The Labute approximate surface area is 79.3 Å². The van der Waals surface area contributed by atoms with Gasteiger partial charge >= 0.3 is 5.97 Å². The highest BCUT2D eigenvalue weighted by Crippen LogP contribution is 2.23. The van der Waals surface area contributed by atoms with Crippen LogP contribution in [-0.4, -0.2) is 25.2 Å². The SMILES string of the molecule is COC(=O)C1CNC(C)(C)C1.Cl. The maximum atomic E-state index is 11.0. The number of carbonyl (C=O) groups excluding carboxylic acids is 1. The third kappa shape index (κ3) is 2.64. The second kappa shape index (κ2) is 4.10. The van der Waals surface area contributed by atoms with E-state index in [2.05, 4.69) is 23.9 Å². The van der Waals surface area contributed by atoms with Crippen LogP contribution in [0.5, 0.6) is 0 Å². The van der Waals surface area contributed by atoms with Crippen LogP contribution < -0.4 is 5.32 Å². The highest BCUT2D eigenvalue weighted by Gasteiger charge is 2.34. The van der Waals surface area contributed by atoms with E-state index in [0.29, 0.717) is 0 Å². The van der Waals surface area contributed by atoms with Gasteiger partial charge in [0, 0.05) is 12.1 Å². The van der Waals surface area contributed by atoms with Gasteiger partial charge in [-0.2, -0.15) is 0 Å². The van der Waals surface area contributed by atoms with Crippen LogP contribution in [0.4, 0.5) is 0 Å². The fourth-order valence-corrected chi connectivity index (χ4v) is 1.49. The second-order valence-electron chi connectivity index (χ2n) is 3.69. The number of ether oxygens (including phenoxy) is 1. The Morgan fingerprint density at radius 2 is 2.17 bits per heavy atom. The zero-order valence-corrected chi connectivity index (χ0v) is 8.53. The molecule has 3 nitrogen and oxygen atoms in total. The number of hydrogen-bond acceptors (Lipinski definition) is 3. The molecule has 1 aliphatic rings. The van der Waals surface area contributed by atoms with Crippen LogP contribution in [0.25, 0.3) is 0 Å². The van der Waals surface area contributed by atoms with Crippen LogP contribution in [0.3, 0.4) is 0 Å². The van der Waals surface area contributed by atoms with Gasteiger partial charge in [-0.3, -0.25) is 4.79 Å². The predicted octanol–water partition coefficient (Wildman–Crippen LogP) is 0.969. The summed E-state index contributed by atoms with van der Waals surface area (Å²) < 4.78 is 4.65. The van der Waals surface area contributed by atoms with Crippen LogP contribution >= 0.6 is 12.4 Å². The highest BCUT2D eigenvalue weighted by molar-refractivity contribution is 5.85. The molecule has 0 aromatic rings. The Bertz CT molecular complexity index is 170. The fraction of sp³-hybridized carbons (Fsp3) is 0.875. The summed E-state index contributed by atoms with van der Waals surface area (Å²) in [7, 11) is 1.44. The maximum Gasteiger partial charge on any atom is 0.310 e. The summed E-state index contributed by atoms with van der Waals surface area (Å²) in [5.74, 6) is -0.0434. The van der Waals surface area contributed by atoms with E-state index >= 15 is 0 Å². The van der Waals surface area contributed by atoms with E-state index in [1.54, 1.807) is 0 Å². The van der Waals surface area contributed by atoms with Gasteiger partial charge in [0.1, 0.15) is 0 Å². The van der Waals surface area contributed by atoms with Crippen molar-refractivity contribution >= 4 is 18.4 Å². The molecule has 12 heavy (non-hydrogen) atoms. The van der Waals surface area contributed by atoms with Gasteiger partial charge in [-0.25, -0.2) is 0 Å². The summed E-state index contributed by atoms with van der Waals surface area (Å²) in [6, 6.07) is 0. The molecule has 0 saturated carbocycles. The molecule has 0 radical (unpaired) electrons. The van der Waals surface area contributed by atoms with Crippen molar-refractivity contribution in [3.63, 3.8) is 0 Å². The summed E-state index contributed by atoms with van der Waals surface area (Å²) in [6.45, 7) is 4.94. The standard InChI is InChI=1S/C8H15NO2.ClH/c1-8(2)4-6(5-9-8)7(10)11-3;/h6,9H,4-5H2,1-3H3;1H. The van der Waals surface area contributed by atoms with Gasteiger partial charge in [-0.05, 0) is 20.3 Å². The topological polar surface area (TPSA) is 38.3 Å². The van der Waals surface area contributed by atoms with E-state index in [-0.39, 0.29) is 29.8 Å². The average molecular weight is 194 g/mol. The molecule has 0 amide bonds. The number of carbonyl (C=O) groups is 1. The van der Waals surface area contributed by atoms with Gasteiger partial charge in [-0.1, -0.05) is 0 Å². The highest BCUT2D eigenvalue weighted by atomic mass is 35.5. The van der Waals surface area contributed by atoms with E-state index < -0.39 is 0 Å². The molecule has 72 valence electrons. The number of nitrogens with one attached hydrogen (secondary N) is 1. The largest absolute Gasteiger partial charge is 0.469 e. The zero-order chi connectivity index (χ0) is 8.48. The molecular weight excluding hydrogens is 178 g/mol. The third-order valence-corrected chi connectivity index (χ3v) is 2.12. The fourth-order valence-electron chi connectivity index (χ4n) is 1.49. The number of methoxy groups -OCH3 is 1. The Morgan fingerprint density at radius 3 is 2.50 bits per heavy atom. The normalized spacial score (nSPS) is 26.1. The minimum absolute atomic E-state index is 0. The van der Waals surface area contributed by atoms with Crippen molar-refractivity contribution in [3.8, 4) is 0 Å². The number of hydrogen-bond donors (Lipinski definition) is 1. The van der Waals surface area contributed by atoms with E-state index in [1.165, 1.54) is 7.11 Å². The van der Waals surface area contributed by atoms with Gasteiger partial charge in [0.15, 0.2) is 0 Å². The quantitative estimate of drug-likeness (QED) is 0.631. The van der Waals surface area contributed by atoms with Gasteiger partial charge < -0.3 is 10.1 Å². The predicted molar refractivity (Wildman–Crippen MR) is 49.5 cm³/mol.